The van der Waals surface area contributed by atoms with E-state index in [1.807, 2.05) is 0 Å². The average molecular weight is 334 g/mol. The number of hydrogen-bond donors (Lipinski definition) is 1. The van der Waals surface area contributed by atoms with E-state index in [-0.39, 0.29) is 0 Å². The predicted molar refractivity (Wildman–Crippen MR) is 53.2 cm³/mol. The van der Waals surface area contributed by atoms with E-state index in [9.17, 15) is 26.7 Å². The van der Waals surface area contributed by atoms with E-state index in [1.54, 1.807) is 0 Å². The average Bonchev–Trinajstić information content (AvgIpc) is 2.17. The first kappa shape index (κ1) is 14.8. The topological polar surface area (TPSA) is 50.2 Å². The third kappa shape index (κ3) is 3.37. The fraction of sp³-hybridized carbons (Fsp3) is 0.333. The van der Waals surface area contributed by atoms with Gasteiger partial charge in [-0.15, -0.1) is 0 Å². The highest BCUT2D eigenvalue weighted by Crippen LogP contribution is 2.36. The van der Waals surface area contributed by atoms with E-state index in [4.69, 9.17) is 5.11 Å². The number of pyridine rings is 1. The molecule has 9 heteroatoms. The second-order valence-corrected chi connectivity index (χ2v) is 4.04. The molecule has 100 valence electrons. The summed E-state index contributed by atoms with van der Waals surface area (Å²) in [6, 6.07) is 0.679. The second-order valence-electron chi connectivity index (χ2n) is 3.23. The highest BCUT2D eigenvalue weighted by Gasteiger charge is 2.38. The molecule has 0 saturated heterocycles. The molecule has 0 aromatic carbocycles. The summed E-state index contributed by atoms with van der Waals surface area (Å²) < 4.78 is 62.6. The number of rotatable bonds is 3. The van der Waals surface area contributed by atoms with Gasteiger partial charge in [0, 0.05) is 11.1 Å². The van der Waals surface area contributed by atoms with Gasteiger partial charge in [-0.3, -0.25) is 4.79 Å². The molecular formula is C9H5BrF5NO2. The van der Waals surface area contributed by atoms with Crippen molar-refractivity contribution in [2.24, 2.45) is 0 Å². The van der Waals surface area contributed by atoms with Gasteiger partial charge in [0.05, 0.1) is 6.42 Å². The molecule has 1 aromatic heterocycles. The van der Waals surface area contributed by atoms with Gasteiger partial charge in [-0.05, 0) is 22.0 Å². The lowest BCUT2D eigenvalue weighted by Gasteiger charge is -2.15. The Bertz CT molecular complexity index is 475. The SMILES string of the molecule is O=C(O)Cc1c(C(F)F)cc(Br)nc1C(F)(F)F. The smallest absolute Gasteiger partial charge is 0.433 e. The number of aliphatic carboxylic acids is 1. The number of aromatic nitrogens is 1. The number of alkyl halides is 5. The fourth-order valence-corrected chi connectivity index (χ4v) is 1.75. The zero-order valence-electron chi connectivity index (χ0n) is 8.43. The summed E-state index contributed by atoms with van der Waals surface area (Å²) in [6.45, 7) is 0. The molecule has 0 bridgehead atoms. The van der Waals surface area contributed by atoms with Crippen molar-refractivity contribution in [1.82, 2.24) is 4.98 Å². The van der Waals surface area contributed by atoms with Gasteiger partial charge < -0.3 is 5.11 Å². The van der Waals surface area contributed by atoms with Crippen molar-refractivity contribution in [2.75, 3.05) is 0 Å². The first-order valence-corrected chi connectivity index (χ1v) is 5.18. The molecule has 1 rings (SSSR count). The number of carboxylic acid groups (broad SMARTS) is 1. The maximum absolute atomic E-state index is 12.6. The van der Waals surface area contributed by atoms with Crippen LogP contribution >= 0.6 is 15.9 Å². The molecule has 1 aromatic rings. The maximum Gasteiger partial charge on any atom is 0.433 e. The van der Waals surface area contributed by atoms with Gasteiger partial charge in [-0.25, -0.2) is 13.8 Å². The maximum atomic E-state index is 12.6. The first-order valence-electron chi connectivity index (χ1n) is 4.39. The molecule has 0 saturated carbocycles. The van der Waals surface area contributed by atoms with E-state index in [0.29, 0.717) is 6.07 Å². The van der Waals surface area contributed by atoms with Gasteiger partial charge in [0.1, 0.15) is 10.3 Å². The number of carboxylic acids is 1. The Hall–Kier alpha value is -1.25. The van der Waals surface area contributed by atoms with Crippen LogP contribution in [-0.2, 0) is 17.4 Å². The van der Waals surface area contributed by atoms with Gasteiger partial charge in [0.25, 0.3) is 6.43 Å². The van der Waals surface area contributed by atoms with E-state index in [2.05, 4.69) is 20.9 Å². The first-order chi connectivity index (χ1) is 8.12. The van der Waals surface area contributed by atoms with Crippen LogP contribution in [0.3, 0.4) is 0 Å². The highest BCUT2D eigenvalue weighted by atomic mass is 79.9. The van der Waals surface area contributed by atoms with Crippen LogP contribution in [0.2, 0.25) is 0 Å². The third-order valence-electron chi connectivity index (χ3n) is 1.96. The molecule has 3 nitrogen and oxygen atoms in total. The summed E-state index contributed by atoms with van der Waals surface area (Å²) in [5, 5.41) is 8.48. The molecule has 0 radical (unpaired) electrons. The minimum Gasteiger partial charge on any atom is -0.481 e. The molecule has 0 fully saturated rings. The van der Waals surface area contributed by atoms with Crippen molar-refractivity contribution in [3.63, 3.8) is 0 Å². The molecule has 0 aliphatic heterocycles. The van der Waals surface area contributed by atoms with Crippen molar-refractivity contribution in [3.05, 3.63) is 27.5 Å². The largest absolute Gasteiger partial charge is 0.481 e. The van der Waals surface area contributed by atoms with Gasteiger partial charge >= 0.3 is 12.1 Å². The number of carbonyl (C=O) groups is 1. The molecule has 0 spiro atoms. The lowest BCUT2D eigenvalue weighted by atomic mass is 10.0. The van der Waals surface area contributed by atoms with Gasteiger partial charge in [0.15, 0.2) is 0 Å². The molecule has 0 atom stereocenters. The minimum absolute atomic E-state index is 0.431. The summed E-state index contributed by atoms with van der Waals surface area (Å²) in [4.78, 5) is 13.5. The summed E-state index contributed by atoms with van der Waals surface area (Å²) in [6.07, 6.45) is -9.40. The third-order valence-corrected chi connectivity index (χ3v) is 2.37. The van der Waals surface area contributed by atoms with E-state index >= 15 is 0 Å². The van der Waals surface area contributed by atoms with Gasteiger partial charge in [-0.2, -0.15) is 13.2 Å². The van der Waals surface area contributed by atoms with E-state index < -0.39 is 46.4 Å². The van der Waals surface area contributed by atoms with Crippen molar-refractivity contribution < 1.29 is 31.9 Å². The Balaban J connectivity index is 3.52. The zero-order valence-corrected chi connectivity index (χ0v) is 10.0. The molecule has 1 N–H and O–H groups in total. The summed E-state index contributed by atoms with van der Waals surface area (Å²) in [7, 11) is 0. The van der Waals surface area contributed by atoms with Crippen molar-refractivity contribution >= 4 is 21.9 Å². The van der Waals surface area contributed by atoms with E-state index in [0.717, 1.165) is 0 Å². The Morgan fingerprint density at radius 2 is 2.00 bits per heavy atom. The predicted octanol–water partition coefficient (Wildman–Crippen LogP) is 3.43. The fourth-order valence-electron chi connectivity index (χ4n) is 1.32. The number of hydrogen-bond acceptors (Lipinski definition) is 2. The molecule has 0 aliphatic carbocycles. The van der Waals surface area contributed by atoms with Crippen LogP contribution in [0.1, 0.15) is 23.2 Å². The number of nitrogens with zero attached hydrogens (tertiary/aromatic N) is 1. The highest BCUT2D eigenvalue weighted by molar-refractivity contribution is 9.10. The molecule has 0 aliphatic rings. The lowest BCUT2D eigenvalue weighted by molar-refractivity contribution is -0.142. The lowest BCUT2D eigenvalue weighted by Crippen LogP contribution is -2.17. The Morgan fingerprint density at radius 1 is 1.44 bits per heavy atom. The monoisotopic (exact) mass is 333 g/mol. The molecule has 0 amide bonds. The molecule has 18 heavy (non-hydrogen) atoms. The molecular weight excluding hydrogens is 329 g/mol. The van der Waals surface area contributed by atoms with Gasteiger partial charge in [0.2, 0.25) is 0 Å². The minimum atomic E-state index is -5.00. The van der Waals surface area contributed by atoms with Crippen LogP contribution < -0.4 is 0 Å². The summed E-state index contributed by atoms with van der Waals surface area (Å²) in [5.41, 5.74) is -3.63. The zero-order chi connectivity index (χ0) is 14.1. The summed E-state index contributed by atoms with van der Waals surface area (Å²) in [5.74, 6) is -1.65. The second kappa shape index (κ2) is 5.17. The molecule has 1 heterocycles. The standard InChI is InChI=1S/C9H5BrF5NO2/c10-5-1-4(8(11)12)3(2-6(17)18)7(16-5)9(13,14)15/h1,8H,2H2,(H,17,18). The van der Waals surface area contributed by atoms with E-state index in [1.165, 1.54) is 0 Å². The Morgan fingerprint density at radius 3 is 2.39 bits per heavy atom. The summed E-state index contributed by atoms with van der Waals surface area (Å²) >= 11 is 2.58. The van der Waals surface area contributed by atoms with Crippen LogP contribution in [0.5, 0.6) is 0 Å². The Kier molecular flexibility index (Phi) is 4.25. The normalized spacial score (nSPS) is 11.9. The van der Waals surface area contributed by atoms with Crippen LogP contribution in [0.4, 0.5) is 22.0 Å². The van der Waals surface area contributed by atoms with Crippen LogP contribution in [-0.4, -0.2) is 16.1 Å². The van der Waals surface area contributed by atoms with Crippen LogP contribution in [0.25, 0.3) is 0 Å². The Labute approximate surface area is 106 Å². The van der Waals surface area contributed by atoms with Crippen molar-refractivity contribution in [1.29, 1.82) is 0 Å². The van der Waals surface area contributed by atoms with Crippen LogP contribution in [0.15, 0.2) is 10.7 Å². The van der Waals surface area contributed by atoms with Crippen molar-refractivity contribution in [3.8, 4) is 0 Å². The molecule has 0 unspecified atom stereocenters. The van der Waals surface area contributed by atoms with Crippen molar-refractivity contribution in [2.45, 2.75) is 19.0 Å². The van der Waals surface area contributed by atoms with Crippen LogP contribution in [0, 0.1) is 0 Å². The quantitative estimate of drug-likeness (QED) is 0.681. The number of halogens is 6. The van der Waals surface area contributed by atoms with Gasteiger partial charge in [-0.1, -0.05) is 0 Å².